The Balaban J connectivity index is 0.00000182. The van der Waals surface area contributed by atoms with Crippen molar-refractivity contribution in [2.24, 2.45) is 0 Å². The number of para-hydroxylation sites is 1. The van der Waals surface area contributed by atoms with Gasteiger partial charge in [0.2, 0.25) is 0 Å². The van der Waals surface area contributed by atoms with Crippen LogP contribution >= 0.6 is 24.8 Å². The van der Waals surface area contributed by atoms with Crippen LogP contribution in [0.15, 0.2) is 67.3 Å². The van der Waals surface area contributed by atoms with E-state index in [0.717, 1.165) is 44.8 Å². The molecule has 0 bridgehead atoms. The van der Waals surface area contributed by atoms with Crippen LogP contribution in [0, 0.1) is 0 Å². The summed E-state index contributed by atoms with van der Waals surface area (Å²) < 4.78 is 6.21. The van der Waals surface area contributed by atoms with E-state index in [9.17, 15) is 0 Å². The Hall–Kier alpha value is -1.52. The van der Waals surface area contributed by atoms with Crippen LogP contribution in [0.5, 0.6) is 5.75 Å². The highest BCUT2D eigenvalue weighted by Crippen LogP contribution is 2.33. The zero-order valence-electron chi connectivity index (χ0n) is 15.7. The fraction of sp³-hybridized carbons (Fsp3) is 0.364. The second-order valence-corrected chi connectivity index (χ2v) is 6.48. The first-order valence-electron chi connectivity index (χ1n) is 9.20. The quantitative estimate of drug-likeness (QED) is 0.620. The summed E-state index contributed by atoms with van der Waals surface area (Å²) in [5.74, 6) is 0.999. The smallest absolute Gasteiger partial charge is 0.124 e. The number of piperazine rings is 1. The van der Waals surface area contributed by atoms with E-state index in [1.165, 1.54) is 11.1 Å². The molecule has 3 nitrogen and oxygen atoms in total. The van der Waals surface area contributed by atoms with Gasteiger partial charge in [-0.05, 0) is 24.5 Å². The molecule has 0 aliphatic carbocycles. The minimum atomic E-state index is 0. The lowest BCUT2D eigenvalue weighted by atomic mass is 9.98. The molecule has 2 aromatic carbocycles. The van der Waals surface area contributed by atoms with Crippen LogP contribution in [0.3, 0.4) is 0 Å². The molecule has 0 amide bonds. The van der Waals surface area contributed by atoms with Crippen molar-refractivity contribution in [3.05, 3.63) is 78.4 Å². The van der Waals surface area contributed by atoms with Crippen molar-refractivity contribution >= 4 is 24.8 Å². The Morgan fingerprint density at radius 3 is 2.37 bits per heavy atom. The molecule has 1 aliphatic heterocycles. The lowest BCUT2D eigenvalue weighted by Gasteiger charge is -2.36. The Morgan fingerprint density at radius 1 is 1.00 bits per heavy atom. The van der Waals surface area contributed by atoms with E-state index in [0.29, 0.717) is 12.6 Å². The van der Waals surface area contributed by atoms with Crippen LogP contribution in [0.1, 0.15) is 30.0 Å². The highest BCUT2D eigenvalue weighted by Gasteiger charge is 2.24. The standard InChI is InChI=1S/C22H28N2O.2ClH/c1-2-3-12-21(24-16-14-23-15-17-24)20-11-7-8-13-22(20)25-18-19-9-5-4-6-10-19;;/h2,4-11,13,21,23H,1,3,12,14-18H2;2*1H/t21-;;/m0../s1. The number of ether oxygens (including phenoxy) is 1. The molecule has 1 N–H and O–H groups in total. The van der Waals surface area contributed by atoms with Gasteiger partial charge in [-0.15, -0.1) is 31.4 Å². The number of halogens is 2. The normalized spacial score (nSPS) is 15.1. The molecule has 0 spiro atoms. The predicted molar refractivity (Wildman–Crippen MR) is 118 cm³/mol. The molecule has 1 aliphatic rings. The molecule has 3 rings (SSSR count). The first kappa shape index (κ1) is 23.5. The minimum absolute atomic E-state index is 0. The van der Waals surface area contributed by atoms with Crippen LogP contribution < -0.4 is 10.1 Å². The Morgan fingerprint density at radius 2 is 1.67 bits per heavy atom. The Kier molecular flexibility index (Phi) is 11.1. The predicted octanol–water partition coefficient (Wildman–Crippen LogP) is 5.02. The van der Waals surface area contributed by atoms with E-state index in [-0.39, 0.29) is 24.8 Å². The van der Waals surface area contributed by atoms with Gasteiger partial charge >= 0.3 is 0 Å². The summed E-state index contributed by atoms with van der Waals surface area (Å²) in [4.78, 5) is 2.57. The van der Waals surface area contributed by atoms with E-state index in [2.05, 4.69) is 65.3 Å². The van der Waals surface area contributed by atoms with Gasteiger partial charge in [0.25, 0.3) is 0 Å². The summed E-state index contributed by atoms with van der Waals surface area (Å²) in [6.45, 7) is 8.78. The maximum atomic E-state index is 6.21. The maximum Gasteiger partial charge on any atom is 0.124 e. The van der Waals surface area contributed by atoms with Gasteiger partial charge in [-0.25, -0.2) is 0 Å². The summed E-state index contributed by atoms with van der Waals surface area (Å²) in [7, 11) is 0. The molecular weight excluding hydrogens is 379 g/mol. The van der Waals surface area contributed by atoms with Gasteiger partial charge in [0, 0.05) is 37.8 Å². The Bertz CT molecular complexity index is 660. The van der Waals surface area contributed by atoms with Crippen LogP contribution in [-0.4, -0.2) is 31.1 Å². The van der Waals surface area contributed by atoms with E-state index in [1.807, 2.05) is 12.1 Å². The minimum Gasteiger partial charge on any atom is -0.489 e. The fourth-order valence-corrected chi connectivity index (χ4v) is 3.43. The average Bonchev–Trinajstić information content (AvgIpc) is 2.69. The van der Waals surface area contributed by atoms with Crippen molar-refractivity contribution < 1.29 is 4.74 Å². The fourth-order valence-electron chi connectivity index (χ4n) is 3.43. The zero-order valence-corrected chi connectivity index (χ0v) is 17.3. The molecule has 1 saturated heterocycles. The van der Waals surface area contributed by atoms with E-state index < -0.39 is 0 Å². The number of benzene rings is 2. The van der Waals surface area contributed by atoms with Crippen molar-refractivity contribution in [2.75, 3.05) is 26.2 Å². The topological polar surface area (TPSA) is 24.5 Å². The van der Waals surface area contributed by atoms with Crippen molar-refractivity contribution in [3.8, 4) is 5.75 Å². The number of allylic oxidation sites excluding steroid dienone is 1. The summed E-state index contributed by atoms with van der Waals surface area (Å²) in [5.41, 5.74) is 2.49. The number of nitrogens with one attached hydrogen (secondary N) is 1. The van der Waals surface area contributed by atoms with E-state index in [4.69, 9.17) is 4.74 Å². The largest absolute Gasteiger partial charge is 0.489 e. The van der Waals surface area contributed by atoms with Crippen LogP contribution in [0.25, 0.3) is 0 Å². The highest BCUT2D eigenvalue weighted by molar-refractivity contribution is 5.85. The van der Waals surface area contributed by atoms with Gasteiger partial charge < -0.3 is 10.1 Å². The third-order valence-corrected chi connectivity index (χ3v) is 4.75. The van der Waals surface area contributed by atoms with Crippen molar-refractivity contribution in [2.45, 2.75) is 25.5 Å². The first-order valence-corrected chi connectivity index (χ1v) is 9.20. The summed E-state index contributed by atoms with van der Waals surface area (Å²) >= 11 is 0. The number of hydrogen-bond acceptors (Lipinski definition) is 3. The van der Waals surface area contributed by atoms with Crippen molar-refractivity contribution in [1.29, 1.82) is 0 Å². The van der Waals surface area contributed by atoms with Gasteiger partial charge in [-0.2, -0.15) is 0 Å². The number of rotatable bonds is 8. The van der Waals surface area contributed by atoms with Crippen LogP contribution in [-0.2, 0) is 6.61 Å². The average molecular weight is 409 g/mol. The third kappa shape index (κ3) is 6.86. The molecule has 1 atom stereocenters. The molecule has 0 saturated carbocycles. The molecule has 0 radical (unpaired) electrons. The molecule has 5 heteroatoms. The van der Waals surface area contributed by atoms with Crippen LogP contribution in [0.4, 0.5) is 0 Å². The molecule has 27 heavy (non-hydrogen) atoms. The van der Waals surface area contributed by atoms with E-state index >= 15 is 0 Å². The highest BCUT2D eigenvalue weighted by atomic mass is 35.5. The summed E-state index contributed by atoms with van der Waals surface area (Å²) in [5, 5.41) is 3.45. The zero-order chi connectivity index (χ0) is 17.3. The second-order valence-electron chi connectivity index (χ2n) is 6.48. The van der Waals surface area contributed by atoms with Gasteiger partial charge in [-0.1, -0.05) is 54.6 Å². The summed E-state index contributed by atoms with van der Waals surface area (Å²) in [6.07, 6.45) is 4.11. The Labute approximate surface area is 175 Å². The molecule has 0 aromatic heterocycles. The molecule has 0 unspecified atom stereocenters. The second kappa shape index (κ2) is 12.8. The molecule has 1 heterocycles. The lowest BCUT2D eigenvalue weighted by Crippen LogP contribution is -2.45. The van der Waals surface area contributed by atoms with E-state index in [1.54, 1.807) is 0 Å². The summed E-state index contributed by atoms with van der Waals surface area (Å²) in [6, 6.07) is 19.2. The van der Waals surface area contributed by atoms with Gasteiger partial charge in [0.1, 0.15) is 12.4 Å². The number of nitrogens with zero attached hydrogens (tertiary/aromatic N) is 1. The van der Waals surface area contributed by atoms with Crippen molar-refractivity contribution in [1.82, 2.24) is 10.2 Å². The van der Waals surface area contributed by atoms with Crippen molar-refractivity contribution in [3.63, 3.8) is 0 Å². The van der Waals surface area contributed by atoms with Gasteiger partial charge in [0.05, 0.1) is 0 Å². The lowest BCUT2D eigenvalue weighted by molar-refractivity contribution is 0.161. The molecular formula is C22H30Cl2N2O. The maximum absolute atomic E-state index is 6.21. The molecule has 148 valence electrons. The third-order valence-electron chi connectivity index (χ3n) is 4.75. The van der Waals surface area contributed by atoms with Gasteiger partial charge in [-0.3, -0.25) is 4.90 Å². The van der Waals surface area contributed by atoms with Crippen LogP contribution in [0.2, 0.25) is 0 Å². The molecule has 2 aromatic rings. The molecule has 1 fully saturated rings. The van der Waals surface area contributed by atoms with Gasteiger partial charge in [0.15, 0.2) is 0 Å². The first-order chi connectivity index (χ1) is 12.4. The monoisotopic (exact) mass is 408 g/mol. The SMILES string of the molecule is C=CCC[C@@H](c1ccccc1OCc1ccccc1)N1CCNCC1.Cl.Cl. The number of hydrogen-bond donors (Lipinski definition) is 1.